The second kappa shape index (κ2) is 15.0. The van der Waals surface area contributed by atoms with Gasteiger partial charge in [-0.25, -0.2) is 0 Å². The third-order valence-electron chi connectivity index (χ3n) is 1.37. The molecule has 0 aliphatic heterocycles. The third-order valence-corrected chi connectivity index (χ3v) is 3.25. The van der Waals surface area contributed by atoms with Crippen molar-refractivity contribution in [3.63, 3.8) is 0 Å². The van der Waals surface area contributed by atoms with Gasteiger partial charge >= 0.3 is 0 Å². The number of pyridine rings is 2. The van der Waals surface area contributed by atoms with E-state index in [4.69, 9.17) is 0 Å². The summed E-state index contributed by atoms with van der Waals surface area (Å²) in [6, 6.07) is 11.4. The zero-order chi connectivity index (χ0) is 12.6. The van der Waals surface area contributed by atoms with Crippen molar-refractivity contribution < 1.29 is 0 Å². The van der Waals surface area contributed by atoms with Crippen LogP contribution in [-0.2, 0) is 0 Å². The van der Waals surface area contributed by atoms with Gasteiger partial charge in [0.15, 0.2) is 0 Å². The van der Waals surface area contributed by atoms with E-state index in [1.807, 2.05) is 58.0 Å². The monoisotopic (exact) mass is 266 g/mol. The maximum atomic E-state index is 3.78. The highest BCUT2D eigenvalue weighted by Gasteiger charge is 1.67. The highest BCUT2D eigenvalue weighted by Crippen LogP contribution is 2.14. The van der Waals surface area contributed by atoms with Crippen LogP contribution in [0.1, 0.15) is 6.92 Å². The molecule has 0 unspecified atom stereocenters. The van der Waals surface area contributed by atoms with Crippen LogP contribution in [0.3, 0.4) is 0 Å². The Hall–Kier alpha value is -1.00. The van der Waals surface area contributed by atoms with Gasteiger partial charge in [0.2, 0.25) is 0 Å². The second-order valence-corrected chi connectivity index (χ2v) is 5.48. The fraction of sp³-hybridized carbons (Fsp3) is 0.231. The van der Waals surface area contributed by atoms with E-state index in [9.17, 15) is 0 Å². The minimum Gasteiger partial charge on any atom is -0.265 e. The molecule has 17 heavy (non-hydrogen) atoms. The van der Waals surface area contributed by atoms with E-state index < -0.39 is 0 Å². The molecule has 4 heteroatoms. The summed E-state index contributed by atoms with van der Waals surface area (Å²) in [6.07, 6.45) is 9.09. The molecule has 0 atom stereocenters. The molecule has 0 saturated carbocycles. The summed E-state index contributed by atoms with van der Waals surface area (Å²) in [5.74, 6) is 1.22. The Kier molecular flexibility index (Phi) is 14.1. The van der Waals surface area contributed by atoms with Gasteiger partial charge in [0.1, 0.15) is 0 Å². The molecule has 2 nitrogen and oxygen atoms in total. The van der Waals surface area contributed by atoms with Crippen LogP contribution >= 0.6 is 21.6 Å². The van der Waals surface area contributed by atoms with Gasteiger partial charge in [-0.1, -0.05) is 40.6 Å². The van der Waals surface area contributed by atoms with Gasteiger partial charge in [-0.2, -0.15) is 0 Å². The first-order chi connectivity index (χ1) is 8.41. The maximum Gasteiger partial charge on any atom is 0.0267 e. The van der Waals surface area contributed by atoms with Gasteiger partial charge in [0.25, 0.3) is 0 Å². The summed E-state index contributed by atoms with van der Waals surface area (Å²) in [5, 5.41) is 0. The molecule has 2 aromatic heterocycles. The topological polar surface area (TPSA) is 25.8 Å². The van der Waals surface area contributed by atoms with Gasteiger partial charge in [-0.15, -0.1) is 0 Å². The van der Waals surface area contributed by atoms with E-state index >= 15 is 0 Å². The Morgan fingerprint density at radius 2 is 1.18 bits per heavy atom. The van der Waals surface area contributed by atoms with E-state index in [0.29, 0.717) is 0 Å². The van der Waals surface area contributed by atoms with Crippen molar-refractivity contribution in [2.24, 2.45) is 0 Å². The normalized spacial score (nSPS) is 8.12. The summed E-state index contributed by atoms with van der Waals surface area (Å²) in [7, 11) is 3.70. The number of hydrogen-bond acceptors (Lipinski definition) is 4. The average Bonchev–Trinajstić information content (AvgIpc) is 2.45. The fourth-order valence-corrected chi connectivity index (χ4v) is 1.69. The smallest absolute Gasteiger partial charge is 0.0267 e. The summed E-state index contributed by atoms with van der Waals surface area (Å²) < 4.78 is 0. The SMILES string of the molecule is CCSSC.c1ccncc1.c1ccncc1. The number of hydrogen-bond donors (Lipinski definition) is 0. The molecule has 2 rings (SSSR count). The number of rotatable bonds is 2. The Labute approximate surface area is 112 Å². The lowest BCUT2D eigenvalue weighted by Crippen LogP contribution is -1.58. The van der Waals surface area contributed by atoms with Gasteiger partial charge in [-0.05, 0) is 30.5 Å². The lowest BCUT2D eigenvalue weighted by Gasteiger charge is -1.79. The second-order valence-electron chi connectivity index (χ2n) is 2.62. The zero-order valence-corrected chi connectivity index (χ0v) is 11.8. The van der Waals surface area contributed by atoms with Crippen LogP contribution in [-0.4, -0.2) is 22.0 Å². The van der Waals surface area contributed by atoms with Crippen LogP contribution in [0.5, 0.6) is 0 Å². The molecule has 0 radical (unpaired) electrons. The largest absolute Gasteiger partial charge is 0.265 e. The average molecular weight is 266 g/mol. The van der Waals surface area contributed by atoms with Crippen molar-refractivity contribution in [2.45, 2.75) is 6.92 Å². The molecular formula is C13H18N2S2. The molecule has 0 bridgehead atoms. The quantitative estimate of drug-likeness (QED) is 0.762. The van der Waals surface area contributed by atoms with Crippen molar-refractivity contribution in [1.82, 2.24) is 9.97 Å². The fourth-order valence-electron chi connectivity index (χ4n) is 0.743. The molecule has 0 aromatic carbocycles. The zero-order valence-electron chi connectivity index (χ0n) is 10.2. The van der Waals surface area contributed by atoms with E-state index in [-0.39, 0.29) is 0 Å². The first-order valence-electron chi connectivity index (χ1n) is 5.27. The number of aromatic nitrogens is 2. The van der Waals surface area contributed by atoms with Crippen LogP contribution in [0.4, 0.5) is 0 Å². The van der Waals surface area contributed by atoms with E-state index in [1.54, 1.807) is 24.8 Å². The Balaban J connectivity index is 0.000000228. The summed E-state index contributed by atoms with van der Waals surface area (Å²) in [5.41, 5.74) is 0. The predicted octanol–water partition coefficient (Wildman–Crippen LogP) is 4.18. The van der Waals surface area contributed by atoms with Crippen LogP contribution in [0.2, 0.25) is 0 Å². The molecular weight excluding hydrogens is 248 g/mol. The van der Waals surface area contributed by atoms with Crippen molar-refractivity contribution in [3.8, 4) is 0 Å². The van der Waals surface area contributed by atoms with Crippen LogP contribution < -0.4 is 0 Å². The molecule has 0 fully saturated rings. The Morgan fingerprint density at radius 3 is 1.24 bits per heavy atom. The first kappa shape index (κ1) is 16.0. The maximum absolute atomic E-state index is 3.78. The third kappa shape index (κ3) is 15.0. The standard InChI is InChI=1S/2C5H5N.C3H8S2/c2*1-2-4-6-5-3-1;1-3-5-4-2/h2*1-5H;3H2,1-2H3. The molecule has 0 aliphatic rings. The van der Waals surface area contributed by atoms with Crippen molar-refractivity contribution in [3.05, 3.63) is 61.2 Å². The van der Waals surface area contributed by atoms with Gasteiger partial charge in [-0.3, -0.25) is 9.97 Å². The molecule has 0 aliphatic carbocycles. The molecule has 2 heterocycles. The lowest BCUT2D eigenvalue weighted by molar-refractivity contribution is 1.33. The van der Waals surface area contributed by atoms with Crippen molar-refractivity contribution in [2.75, 3.05) is 12.0 Å². The van der Waals surface area contributed by atoms with E-state index in [2.05, 4.69) is 23.1 Å². The Bertz CT molecular complexity index is 230. The van der Waals surface area contributed by atoms with Crippen molar-refractivity contribution in [1.29, 1.82) is 0 Å². The highest BCUT2D eigenvalue weighted by atomic mass is 33.1. The predicted molar refractivity (Wildman–Crippen MR) is 80.1 cm³/mol. The molecule has 0 amide bonds. The molecule has 92 valence electrons. The van der Waals surface area contributed by atoms with Crippen LogP contribution in [0.25, 0.3) is 0 Å². The summed E-state index contributed by atoms with van der Waals surface area (Å²) >= 11 is 0. The molecule has 0 spiro atoms. The summed E-state index contributed by atoms with van der Waals surface area (Å²) in [6.45, 7) is 2.15. The first-order valence-corrected chi connectivity index (χ1v) is 8.00. The minimum atomic E-state index is 1.22. The highest BCUT2D eigenvalue weighted by molar-refractivity contribution is 8.76. The van der Waals surface area contributed by atoms with Gasteiger partial charge in [0.05, 0.1) is 0 Å². The van der Waals surface area contributed by atoms with Crippen molar-refractivity contribution >= 4 is 21.6 Å². The molecule has 0 N–H and O–H groups in total. The molecule has 0 saturated heterocycles. The number of nitrogens with zero attached hydrogens (tertiary/aromatic N) is 2. The van der Waals surface area contributed by atoms with Gasteiger partial charge < -0.3 is 0 Å². The Morgan fingerprint density at radius 1 is 0.765 bits per heavy atom. The van der Waals surface area contributed by atoms with Crippen LogP contribution in [0, 0.1) is 0 Å². The van der Waals surface area contributed by atoms with E-state index in [0.717, 1.165) is 0 Å². The van der Waals surface area contributed by atoms with Crippen LogP contribution in [0.15, 0.2) is 61.2 Å². The van der Waals surface area contributed by atoms with E-state index in [1.165, 1.54) is 5.75 Å². The summed E-state index contributed by atoms with van der Waals surface area (Å²) in [4.78, 5) is 7.57. The van der Waals surface area contributed by atoms with Gasteiger partial charge in [0, 0.05) is 30.5 Å². The molecule has 2 aromatic rings. The minimum absolute atomic E-state index is 1.22. The lowest BCUT2D eigenvalue weighted by atomic mass is 10.5.